The molecule has 8 nitrogen and oxygen atoms in total. The van der Waals surface area contributed by atoms with Gasteiger partial charge < -0.3 is 15.3 Å². The van der Waals surface area contributed by atoms with Crippen molar-refractivity contribution in [3.8, 4) is 0 Å². The lowest BCUT2D eigenvalue weighted by atomic mass is 9.86. The summed E-state index contributed by atoms with van der Waals surface area (Å²) in [6.07, 6.45) is 7.54. The van der Waals surface area contributed by atoms with Gasteiger partial charge in [-0.15, -0.1) is 0 Å². The van der Waals surface area contributed by atoms with Crippen molar-refractivity contribution in [1.82, 2.24) is 24.5 Å². The maximum atomic E-state index is 12.5. The number of hydrogen-bond donors (Lipinski definition) is 3. The molecule has 25 heavy (non-hydrogen) atoms. The highest BCUT2D eigenvalue weighted by Crippen LogP contribution is 2.34. The lowest BCUT2D eigenvalue weighted by Crippen LogP contribution is -2.29. The number of fused-ring (bicyclic) bond motifs is 1. The summed E-state index contributed by atoms with van der Waals surface area (Å²) in [6, 6.07) is 3.51. The summed E-state index contributed by atoms with van der Waals surface area (Å²) in [5, 5.41) is 2.92. The Morgan fingerprint density at radius 2 is 2.12 bits per heavy atom. The molecule has 1 fully saturated rings. The first-order chi connectivity index (χ1) is 12.1. The van der Waals surface area contributed by atoms with Crippen LogP contribution >= 0.6 is 0 Å². The third kappa shape index (κ3) is 2.84. The predicted molar refractivity (Wildman–Crippen MR) is 95.2 cm³/mol. The molecule has 8 heteroatoms. The molecule has 130 valence electrons. The third-order valence-electron chi connectivity index (χ3n) is 4.92. The minimum atomic E-state index is -0.251. The summed E-state index contributed by atoms with van der Waals surface area (Å²) >= 11 is 0. The molecule has 0 aromatic carbocycles. The Kier molecular flexibility index (Phi) is 3.87. The van der Waals surface area contributed by atoms with Crippen LogP contribution in [0.15, 0.2) is 34.1 Å². The summed E-state index contributed by atoms with van der Waals surface area (Å²) in [4.78, 5) is 38.4. The standard InChI is InChI=1S/C17H20N6O2/c1-10-5-2-3-7-13(10)23-14-12(21-17(23)25)9-19-16(22-14)20-11-6-4-8-18-15(11)24/h4,6,8-10,13H,2-3,5,7H2,1H3,(H,18,24)(H,21,25)(H,19,20,22)/t10-,13+/m1/s1. The Labute approximate surface area is 143 Å². The predicted octanol–water partition coefficient (Wildman–Crippen LogP) is 2.30. The van der Waals surface area contributed by atoms with Crippen LogP contribution in [0.1, 0.15) is 38.6 Å². The Hall–Kier alpha value is -2.90. The van der Waals surface area contributed by atoms with Gasteiger partial charge in [-0.3, -0.25) is 9.36 Å². The molecule has 0 amide bonds. The first-order valence-corrected chi connectivity index (χ1v) is 8.55. The van der Waals surface area contributed by atoms with Gasteiger partial charge in [0.15, 0.2) is 5.65 Å². The molecule has 0 aliphatic heterocycles. The molecule has 1 aliphatic carbocycles. The fourth-order valence-corrected chi connectivity index (χ4v) is 3.60. The second kappa shape index (κ2) is 6.19. The van der Waals surface area contributed by atoms with Gasteiger partial charge in [-0.25, -0.2) is 9.78 Å². The van der Waals surface area contributed by atoms with Crippen LogP contribution in [0.2, 0.25) is 0 Å². The molecule has 3 N–H and O–H groups in total. The summed E-state index contributed by atoms with van der Waals surface area (Å²) in [7, 11) is 0. The van der Waals surface area contributed by atoms with Crippen molar-refractivity contribution in [2.24, 2.45) is 5.92 Å². The maximum absolute atomic E-state index is 12.5. The molecule has 2 atom stereocenters. The first kappa shape index (κ1) is 15.6. The van der Waals surface area contributed by atoms with Gasteiger partial charge >= 0.3 is 5.69 Å². The summed E-state index contributed by atoms with van der Waals surface area (Å²) < 4.78 is 1.75. The Balaban J connectivity index is 1.77. The highest BCUT2D eigenvalue weighted by atomic mass is 16.1. The number of nitrogens with zero attached hydrogens (tertiary/aromatic N) is 3. The lowest BCUT2D eigenvalue weighted by molar-refractivity contribution is 0.257. The average Bonchev–Trinajstić information content (AvgIpc) is 2.93. The Morgan fingerprint density at radius 3 is 2.92 bits per heavy atom. The monoisotopic (exact) mass is 340 g/mol. The van der Waals surface area contributed by atoms with E-state index >= 15 is 0 Å². The van der Waals surface area contributed by atoms with Gasteiger partial charge in [0, 0.05) is 12.2 Å². The minimum Gasteiger partial charge on any atom is -0.327 e. The SMILES string of the molecule is C[C@@H]1CCCC[C@@H]1n1c(=O)[nH]c2cnc(Nc3ccc[nH]c3=O)nc21. The minimum absolute atomic E-state index is 0.137. The molecule has 0 saturated heterocycles. The van der Waals surface area contributed by atoms with Crippen LogP contribution in [-0.2, 0) is 0 Å². The number of aromatic nitrogens is 5. The molecular formula is C17H20N6O2. The van der Waals surface area contributed by atoms with Crippen LogP contribution in [0, 0.1) is 5.92 Å². The van der Waals surface area contributed by atoms with E-state index in [1.165, 1.54) is 6.42 Å². The van der Waals surface area contributed by atoms with Crippen molar-refractivity contribution in [3.05, 3.63) is 45.4 Å². The van der Waals surface area contributed by atoms with Crippen LogP contribution < -0.4 is 16.6 Å². The van der Waals surface area contributed by atoms with E-state index in [9.17, 15) is 9.59 Å². The van der Waals surface area contributed by atoms with Crippen molar-refractivity contribution in [2.75, 3.05) is 5.32 Å². The lowest BCUT2D eigenvalue weighted by Gasteiger charge is -2.29. The van der Waals surface area contributed by atoms with Gasteiger partial charge in [0.05, 0.1) is 6.20 Å². The zero-order chi connectivity index (χ0) is 17.4. The number of anilines is 2. The van der Waals surface area contributed by atoms with Gasteiger partial charge in [0.2, 0.25) is 5.95 Å². The van der Waals surface area contributed by atoms with E-state index < -0.39 is 0 Å². The molecule has 3 aromatic rings. The molecule has 1 saturated carbocycles. The van der Waals surface area contributed by atoms with E-state index in [-0.39, 0.29) is 17.3 Å². The van der Waals surface area contributed by atoms with E-state index in [4.69, 9.17) is 0 Å². The van der Waals surface area contributed by atoms with Gasteiger partial charge in [0.1, 0.15) is 11.2 Å². The summed E-state index contributed by atoms with van der Waals surface area (Å²) in [6.45, 7) is 2.18. The van der Waals surface area contributed by atoms with Crippen LogP contribution in [0.5, 0.6) is 0 Å². The Bertz CT molecular complexity index is 1020. The van der Waals surface area contributed by atoms with Crippen LogP contribution in [0.4, 0.5) is 11.6 Å². The quantitative estimate of drug-likeness (QED) is 0.678. The molecule has 0 spiro atoms. The molecule has 3 heterocycles. The highest BCUT2D eigenvalue weighted by Gasteiger charge is 2.26. The highest BCUT2D eigenvalue weighted by molar-refractivity contribution is 5.72. The number of aromatic amines is 2. The van der Waals surface area contributed by atoms with E-state index in [1.54, 1.807) is 29.1 Å². The topological polar surface area (TPSA) is 108 Å². The normalized spacial score (nSPS) is 20.7. The number of hydrogen-bond acceptors (Lipinski definition) is 5. The second-order valence-electron chi connectivity index (χ2n) is 6.60. The van der Waals surface area contributed by atoms with E-state index in [2.05, 4.69) is 32.2 Å². The molecule has 0 unspecified atom stereocenters. The van der Waals surface area contributed by atoms with Gasteiger partial charge in [-0.1, -0.05) is 19.8 Å². The second-order valence-corrected chi connectivity index (χ2v) is 6.60. The van der Waals surface area contributed by atoms with Gasteiger partial charge in [-0.05, 0) is 30.9 Å². The van der Waals surface area contributed by atoms with Gasteiger partial charge in [-0.2, -0.15) is 4.98 Å². The first-order valence-electron chi connectivity index (χ1n) is 8.55. The van der Waals surface area contributed by atoms with E-state index in [0.29, 0.717) is 28.7 Å². The van der Waals surface area contributed by atoms with E-state index in [0.717, 1.165) is 19.3 Å². The third-order valence-corrected chi connectivity index (χ3v) is 4.92. The van der Waals surface area contributed by atoms with Crippen molar-refractivity contribution < 1.29 is 0 Å². The van der Waals surface area contributed by atoms with Crippen molar-refractivity contribution in [3.63, 3.8) is 0 Å². The van der Waals surface area contributed by atoms with Crippen molar-refractivity contribution >= 4 is 22.8 Å². The van der Waals surface area contributed by atoms with Crippen LogP contribution in [0.25, 0.3) is 11.2 Å². The number of rotatable bonds is 3. The Morgan fingerprint density at radius 1 is 1.28 bits per heavy atom. The fourth-order valence-electron chi connectivity index (χ4n) is 3.60. The fraction of sp³-hybridized carbons (Fsp3) is 0.412. The maximum Gasteiger partial charge on any atom is 0.327 e. The van der Waals surface area contributed by atoms with Crippen LogP contribution in [0.3, 0.4) is 0 Å². The molecule has 0 radical (unpaired) electrons. The van der Waals surface area contributed by atoms with Crippen molar-refractivity contribution in [1.29, 1.82) is 0 Å². The number of nitrogens with one attached hydrogen (secondary N) is 3. The van der Waals surface area contributed by atoms with Crippen LogP contribution in [-0.4, -0.2) is 24.5 Å². The van der Waals surface area contributed by atoms with Crippen molar-refractivity contribution in [2.45, 2.75) is 38.6 Å². The number of imidazole rings is 1. The molecular weight excluding hydrogens is 320 g/mol. The average molecular weight is 340 g/mol. The molecule has 3 aromatic heterocycles. The largest absolute Gasteiger partial charge is 0.327 e. The molecule has 0 bridgehead atoms. The molecule has 4 rings (SSSR count). The zero-order valence-corrected chi connectivity index (χ0v) is 14.0. The van der Waals surface area contributed by atoms with Gasteiger partial charge in [0.25, 0.3) is 5.56 Å². The number of H-pyrrole nitrogens is 2. The number of pyridine rings is 1. The summed E-state index contributed by atoms with van der Waals surface area (Å²) in [5.74, 6) is 0.717. The zero-order valence-electron chi connectivity index (χ0n) is 14.0. The molecule has 1 aliphatic rings. The summed E-state index contributed by atoms with van der Waals surface area (Å²) in [5.41, 5.74) is 1.14. The van der Waals surface area contributed by atoms with E-state index in [1.807, 2.05) is 0 Å². The smallest absolute Gasteiger partial charge is 0.327 e.